The van der Waals surface area contributed by atoms with Crippen molar-refractivity contribution in [3.8, 4) is 0 Å². The summed E-state index contributed by atoms with van der Waals surface area (Å²) in [6.07, 6.45) is 7.50. The molecule has 0 aromatic carbocycles. The van der Waals surface area contributed by atoms with Crippen molar-refractivity contribution in [3.05, 3.63) is 16.3 Å². The van der Waals surface area contributed by atoms with Gasteiger partial charge in [0, 0.05) is 6.04 Å². The third kappa shape index (κ3) is 3.15. The second-order valence-electron chi connectivity index (χ2n) is 4.63. The highest BCUT2D eigenvalue weighted by Gasteiger charge is 2.21. The number of nitrogens with one attached hydrogen (secondary N) is 1. The molecule has 1 aromatic heterocycles. The number of aromatic nitrogens is 1. The van der Waals surface area contributed by atoms with Crippen molar-refractivity contribution in [2.24, 2.45) is 5.92 Å². The summed E-state index contributed by atoms with van der Waals surface area (Å²) in [6.45, 7) is 2.24. The van der Waals surface area contributed by atoms with E-state index >= 15 is 0 Å². The highest BCUT2D eigenvalue weighted by molar-refractivity contribution is 7.18. The molecule has 94 valence electrons. The lowest BCUT2D eigenvalue weighted by molar-refractivity contribution is -0.380. The van der Waals surface area contributed by atoms with E-state index in [9.17, 15) is 10.1 Å². The zero-order chi connectivity index (χ0) is 12.3. The Morgan fingerprint density at radius 1 is 1.47 bits per heavy atom. The van der Waals surface area contributed by atoms with Crippen LogP contribution in [0.25, 0.3) is 0 Å². The van der Waals surface area contributed by atoms with Gasteiger partial charge in [-0.2, -0.15) is 0 Å². The average molecular weight is 255 g/mol. The van der Waals surface area contributed by atoms with Gasteiger partial charge in [0.05, 0.1) is 4.92 Å². The minimum atomic E-state index is -0.390. The maximum absolute atomic E-state index is 10.6. The Balaban J connectivity index is 2.00. The first-order valence-electron chi connectivity index (χ1n) is 6.03. The van der Waals surface area contributed by atoms with Gasteiger partial charge < -0.3 is 5.32 Å². The van der Waals surface area contributed by atoms with E-state index in [0.717, 1.165) is 17.8 Å². The first-order chi connectivity index (χ1) is 8.16. The number of hydrogen-bond acceptors (Lipinski definition) is 5. The molecule has 1 aliphatic rings. The van der Waals surface area contributed by atoms with E-state index in [2.05, 4.69) is 17.2 Å². The Kier molecular flexibility index (Phi) is 3.93. The van der Waals surface area contributed by atoms with E-state index in [1.807, 2.05) is 0 Å². The normalized spacial score (nSPS) is 25.2. The average Bonchev–Trinajstić information content (AvgIpc) is 2.66. The summed E-state index contributed by atoms with van der Waals surface area (Å²) in [5, 5.41) is 14.7. The van der Waals surface area contributed by atoms with Crippen molar-refractivity contribution in [3.63, 3.8) is 0 Å². The topological polar surface area (TPSA) is 68.1 Å². The highest BCUT2D eigenvalue weighted by atomic mass is 32.1. The van der Waals surface area contributed by atoms with Gasteiger partial charge in [0.1, 0.15) is 6.20 Å². The third-order valence-corrected chi connectivity index (χ3v) is 4.22. The number of rotatable bonds is 3. The largest absolute Gasteiger partial charge is 0.358 e. The van der Waals surface area contributed by atoms with Crippen molar-refractivity contribution < 1.29 is 4.92 Å². The highest BCUT2D eigenvalue weighted by Crippen LogP contribution is 2.30. The molecule has 1 aromatic rings. The van der Waals surface area contributed by atoms with E-state index < -0.39 is 0 Å². The molecule has 0 aliphatic heterocycles. The van der Waals surface area contributed by atoms with Crippen LogP contribution in [0.15, 0.2) is 6.20 Å². The molecular formula is C11H17N3O2S. The molecule has 1 heterocycles. The van der Waals surface area contributed by atoms with Crippen LogP contribution in [-0.2, 0) is 0 Å². The molecule has 2 rings (SSSR count). The maximum atomic E-state index is 10.6. The summed E-state index contributed by atoms with van der Waals surface area (Å²) >= 11 is 1.12. The first-order valence-corrected chi connectivity index (χ1v) is 6.85. The summed E-state index contributed by atoms with van der Waals surface area (Å²) in [6, 6.07) is 0.406. The van der Waals surface area contributed by atoms with Crippen molar-refractivity contribution in [2.45, 2.75) is 45.1 Å². The van der Waals surface area contributed by atoms with Gasteiger partial charge in [0.2, 0.25) is 0 Å². The summed E-state index contributed by atoms with van der Waals surface area (Å²) < 4.78 is 0. The summed E-state index contributed by atoms with van der Waals surface area (Å²) in [4.78, 5) is 14.2. The van der Waals surface area contributed by atoms with Crippen molar-refractivity contribution in [1.29, 1.82) is 0 Å². The Labute approximate surface area is 104 Å². The van der Waals surface area contributed by atoms with Crippen LogP contribution in [0.4, 0.5) is 10.1 Å². The fourth-order valence-corrected chi connectivity index (χ4v) is 2.98. The summed E-state index contributed by atoms with van der Waals surface area (Å²) in [7, 11) is 0. The molecule has 2 unspecified atom stereocenters. The molecule has 0 bridgehead atoms. The lowest BCUT2D eigenvalue weighted by Crippen LogP contribution is -2.26. The maximum Gasteiger partial charge on any atom is 0.345 e. The van der Waals surface area contributed by atoms with Crippen LogP contribution in [0.1, 0.15) is 39.0 Å². The summed E-state index contributed by atoms with van der Waals surface area (Å²) in [5.74, 6) is 0.612. The molecule has 0 radical (unpaired) electrons. The van der Waals surface area contributed by atoms with E-state index in [0.29, 0.717) is 17.1 Å². The van der Waals surface area contributed by atoms with Crippen LogP contribution >= 0.6 is 11.3 Å². The van der Waals surface area contributed by atoms with E-state index in [-0.39, 0.29) is 9.92 Å². The smallest absolute Gasteiger partial charge is 0.345 e. The molecule has 5 nitrogen and oxygen atoms in total. The minimum Gasteiger partial charge on any atom is -0.358 e. The van der Waals surface area contributed by atoms with Gasteiger partial charge in [0.25, 0.3) is 0 Å². The minimum absolute atomic E-state index is 0.105. The zero-order valence-corrected chi connectivity index (χ0v) is 10.7. The third-order valence-electron chi connectivity index (χ3n) is 3.34. The molecule has 0 spiro atoms. The lowest BCUT2D eigenvalue weighted by Gasteiger charge is -2.22. The van der Waals surface area contributed by atoms with Gasteiger partial charge in [0.15, 0.2) is 5.13 Å². The predicted octanol–water partition coefficient (Wildman–Crippen LogP) is 3.43. The molecule has 1 aliphatic carbocycles. The van der Waals surface area contributed by atoms with Gasteiger partial charge in [-0.05, 0) is 30.1 Å². The number of anilines is 1. The van der Waals surface area contributed by atoms with Crippen molar-refractivity contribution in [2.75, 3.05) is 5.32 Å². The molecule has 0 amide bonds. The summed E-state index contributed by atoms with van der Waals surface area (Å²) in [5.41, 5.74) is 0. The Hall–Kier alpha value is -1.17. The molecule has 6 heteroatoms. The zero-order valence-electron chi connectivity index (χ0n) is 9.89. The predicted molar refractivity (Wildman–Crippen MR) is 68.4 cm³/mol. The number of hydrogen-bond donors (Lipinski definition) is 1. The monoisotopic (exact) mass is 255 g/mol. The lowest BCUT2D eigenvalue weighted by atomic mass is 9.97. The van der Waals surface area contributed by atoms with Gasteiger partial charge in [-0.1, -0.05) is 26.2 Å². The molecule has 1 fully saturated rings. The number of thiazole rings is 1. The van der Waals surface area contributed by atoms with E-state index in [1.54, 1.807) is 0 Å². The Morgan fingerprint density at radius 2 is 2.24 bits per heavy atom. The van der Waals surface area contributed by atoms with Gasteiger partial charge in [-0.3, -0.25) is 10.1 Å². The molecule has 1 N–H and O–H groups in total. The van der Waals surface area contributed by atoms with Crippen molar-refractivity contribution >= 4 is 21.5 Å². The molecule has 0 saturated heterocycles. The van der Waals surface area contributed by atoms with Gasteiger partial charge >= 0.3 is 5.00 Å². The fourth-order valence-electron chi connectivity index (χ4n) is 2.28. The number of nitrogens with zero attached hydrogens (tertiary/aromatic N) is 2. The molecular weight excluding hydrogens is 238 g/mol. The van der Waals surface area contributed by atoms with Crippen LogP contribution in [0.5, 0.6) is 0 Å². The fraction of sp³-hybridized carbons (Fsp3) is 0.727. The van der Waals surface area contributed by atoms with Crippen LogP contribution in [0.3, 0.4) is 0 Å². The van der Waals surface area contributed by atoms with Gasteiger partial charge in [-0.15, -0.1) is 0 Å². The van der Waals surface area contributed by atoms with E-state index in [4.69, 9.17) is 0 Å². The number of nitro groups is 1. The van der Waals surface area contributed by atoms with E-state index in [1.165, 1.54) is 31.9 Å². The molecule has 2 atom stereocenters. The first kappa shape index (κ1) is 12.3. The van der Waals surface area contributed by atoms with Gasteiger partial charge in [-0.25, -0.2) is 4.98 Å². The second kappa shape index (κ2) is 5.44. The quantitative estimate of drug-likeness (QED) is 0.510. The Morgan fingerprint density at radius 3 is 2.94 bits per heavy atom. The standard InChI is InChI=1S/C11H17N3O2S/c1-8-5-3-2-4-6-9(8)13-11-12-7-10(17-11)14(15)16/h7-9H,2-6H2,1H3,(H,12,13). The molecule has 1 saturated carbocycles. The van der Waals surface area contributed by atoms with Crippen LogP contribution in [0, 0.1) is 16.0 Å². The SMILES string of the molecule is CC1CCCCCC1Nc1ncc([N+](=O)[O-])s1. The second-order valence-corrected chi connectivity index (χ2v) is 5.64. The van der Waals surface area contributed by atoms with Crippen LogP contribution < -0.4 is 5.32 Å². The molecule has 17 heavy (non-hydrogen) atoms. The van der Waals surface area contributed by atoms with Crippen LogP contribution in [-0.4, -0.2) is 15.9 Å². The Bertz CT molecular complexity index is 394. The van der Waals surface area contributed by atoms with Crippen LogP contribution in [0.2, 0.25) is 0 Å². The van der Waals surface area contributed by atoms with Crippen molar-refractivity contribution in [1.82, 2.24) is 4.98 Å².